The number of thiazole rings is 1. The van der Waals surface area contributed by atoms with Crippen LogP contribution in [0, 0.1) is 11.2 Å². The molecule has 2 aliphatic heterocycles. The average molecular weight is 373 g/mol. The summed E-state index contributed by atoms with van der Waals surface area (Å²) < 4.78 is 13.1. The number of fused-ring (bicyclic) bond motifs is 2. The third-order valence-corrected chi connectivity index (χ3v) is 6.68. The van der Waals surface area contributed by atoms with E-state index < -0.39 is 5.41 Å². The van der Waals surface area contributed by atoms with Gasteiger partial charge in [-0.15, -0.1) is 11.3 Å². The topological polar surface area (TPSA) is 45.2 Å². The van der Waals surface area contributed by atoms with Crippen LogP contribution in [-0.2, 0) is 17.8 Å². The van der Waals surface area contributed by atoms with E-state index in [4.69, 9.17) is 0 Å². The van der Waals surface area contributed by atoms with Crippen molar-refractivity contribution < 1.29 is 9.18 Å². The van der Waals surface area contributed by atoms with E-state index in [1.807, 2.05) is 5.51 Å². The van der Waals surface area contributed by atoms with E-state index in [2.05, 4.69) is 27.5 Å². The first kappa shape index (κ1) is 17.6. The molecule has 2 bridgehead atoms. The fraction of sp³-hybridized carbons (Fsp3) is 0.500. The molecule has 0 spiro atoms. The van der Waals surface area contributed by atoms with Crippen LogP contribution in [0.5, 0.6) is 0 Å². The Kier molecular flexibility index (Phi) is 4.80. The molecular weight excluding hydrogens is 349 g/mol. The molecule has 26 heavy (non-hydrogen) atoms. The van der Waals surface area contributed by atoms with Gasteiger partial charge in [0.2, 0.25) is 5.91 Å². The van der Waals surface area contributed by atoms with Crippen LogP contribution in [0.1, 0.15) is 37.4 Å². The van der Waals surface area contributed by atoms with Crippen LogP contribution in [0.2, 0.25) is 0 Å². The molecule has 6 heteroatoms. The lowest BCUT2D eigenvalue weighted by Crippen LogP contribution is -2.50. The summed E-state index contributed by atoms with van der Waals surface area (Å²) in [5.74, 6) is -0.146. The Morgan fingerprint density at radius 1 is 1.38 bits per heavy atom. The molecule has 2 aromatic rings. The molecule has 1 N–H and O–H groups in total. The molecular formula is C20H24FN3OS. The summed E-state index contributed by atoms with van der Waals surface area (Å²) in [7, 11) is 0. The van der Waals surface area contributed by atoms with Crippen LogP contribution in [0.4, 0.5) is 4.39 Å². The van der Waals surface area contributed by atoms with Crippen LogP contribution in [0.15, 0.2) is 35.2 Å². The first-order chi connectivity index (χ1) is 12.6. The number of nitrogens with zero attached hydrogens (tertiary/aromatic N) is 2. The number of nitrogens with one attached hydrogen (secondary N) is 1. The molecule has 4 nitrogen and oxygen atoms in total. The predicted molar refractivity (Wildman–Crippen MR) is 100 cm³/mol. The third kappa shape index (κ3) is 3.05. The Morgan fingerprint density at radius 3 is 2.85 bits per heavy atom. The summed E-state index contributed by atoms with van der Waals surface area (Å²) in [6, 6.07) is 7.10. The van der Waals surface area contributed by atoms with Crippen LogP contribution >= 0.6 is 11.3 Å². The zero-order valence-electron chi connectivity index (χ0n) is 15.0. The molecule has 0 unspecified atom stereocenters. The summed E-state index contributed by atoms with van der Waals surface area (Å²) >= 11 is 1.58. The quantitative estimate of drug-likeness (QED) is 0.844. The number of rotatable bonds is 6. The van der Waals surface area contributed by atoms with Crippen molar-refractivity contribution in [3.05, 3.63) is 52.2 Å². The zero-order valence-corrected chi connectivity index (χ0v) is 15.8. The van der Waals surface area contributed by atoms with Crippen molar-refractivity contribution in [2.24, 2.45) is 5.41 Å². The minimum atomic E-state index is -0.410. The molecule has 138 valence electrons. The summed E-state index contributed by atoms with van der Waals surface area (Å²) in [6.45, 7) is 3.60. The number of hydrogen-bond donors (Lipinski definition) is 1. The molecule has 3 heterocycles. The van der Waals surface area contributed by atoms with Crippen molar-refractivity contribution in [3.8, 4) is 0 Å². The summed E-state index contributed by atoms with van der Waals surface area (Å²) in [6.07, 6.45) is 3.86. The van der Waals surface area contributed by atoms with Gasteiger partial charge in [-0.25, -0.2) is 9.37 Å². The Morgan fingerprint density at radius 2 is 2.19 bits per heavy atom. The Bertz CT molecular complexity index is 764. The maximum atomic E-state index is 13.3. The molecule has 0 aliphatic carbocycles. The van der Waals surface area contributed by atoms with E-state index in [9.17, 15) is 9.18 Å². The highest BCUT2D eigenvalue weighted by molar-refractivity contribution is 7.07. The minimum Gasteiger partial charge on any atom is -0.351 e. The van der Waals surface area contributed by atoms with E-state index in [1.165, 1.54) is 18.6 Å². The summed E-state index contributed by atoms with van der Waals surface area (Å²) in [4.78, 5) is 20.3. The Balaban J connectivity index is 1.55. The van der Waals surface area contributed by atoms with Gasteiger partial charge >= 0.3 is 0 Å². The second kappa shape index (κ2) is 7.08. The molecule has 2 aliphatic rings. The van der Waals surface area contributed by atoms with E-state index in [1.54, 1.807) is 23.5 Å². The van der Waals surface area contributed by atoms with Gasteiger partial charge in [0.05, 0.1) is 16.6 Å². The monoisotopic (exact) mass is 373 g/mol. The summed E-state index contributed by atoms with van der Waals surface area (Å²) in [5.41, 5.74) is 3.35. The fourth-order valence-corrected chi connectivity index (χ4v) is 5.47. The third-order valence-electron chi connectivity index (χ3n) is 6.04. The maximum Gasteiger partial charge on any atom is 0.228 e. The molecule has 0 saturated carbocycles. The van der Waals surface area contributed by atoms with Crippen LogP contribution in [-0.4, -0.2) is 34.4 Å². The van der Waals surface area contributed by atoms with Crippen LogP contribution in [0.25, 0.3) is 0 Å². The second-order valence-corrected chi connectivity index (χ2v) is 8.12. The molecule has 3 atom stereocenters. The Labute approximate surface area is 157 Å². The van der Waals surface area contributed by atoms with Crippen molar-refractivity contribution >= 4 is 17.2 Å². The average Bonchev–Trinajstić information content (AvgIpc) is 3.36. The number of hydrogen-bond acceptors (Lipinski definition) is 4. The van der Waals surface area contributed by atoms with Gasteiger partial charge in [-0.05, 0) is 43.5 Å². The van der Waals surface area contributed by atoms with Gasteiger partial charge in [0, 0.05) is 30.4 Å². The highest BCUT2D eigenvalue weighted by atomic mass is 32.1. The van der Waals surface area contributed by atoms with Gasteiger partial charge < -0.3 is 5.32 Å². The van der Waals surface area contributed by atoms with Gasteiger partial charge in [0.1, 0.15) is 5.82 Å². The van der Waals surface area contributed by atoms with E-state index in [0.717, 1.165) is 30.6 Å². The number of aromatic nitrogens is 1. The number of carbonyl (C=O) groups excluding carboxylic acids is 1. The minimum absolute atomic E-state index is 0.112. The highest BCUT2D eigenvalue weighted by Crippen LogP contribution is 2.51. The second-order valence-electron chi connectivity index (χ2n) is 7.40. The lowest BCUT2D eigenvalue weighted by atomic mass is 9.70. The van der Waals surface area contributed by atoms with E-state index >= 15 is 0 Å². The van der Waals surface area contributed by atoms with Crippen molar-refractivity contribution in [2.75, 3.05) is 6.54 Å². The smallest absolute Gasteiger partial charge is 0.228 e. The molecule has 1 amide bonds. The number of carbonyl (C=O) groups is 1. The van der Waals surface area contributed by atoms with Gasteiger partial charge in [-0.1, -0.05) is 19.1 Å². The van der Waals surface area contributed by atoms with Crippen LogP contribution in [0.3, 0.4) is 0 Å². The largest absolute Gasteiger partial charge is 0.351 e. The Hall–Kier alpha value is -1.79. The van der Waals surface area contributed by atoms with Gasteiger partial charge in [-0.2, -0.15) is 0 Å². The maximum absolute atomic E-state index is 13.3. The van der Waals surface area contributed by atoms with Gasteiger partial charge in [0.15, 0.2) is 0 Å². The standard InChI is InChI=1S/C20H24FN3OS/c1-2-24-17-7-8-18(24)20(10-17,9-16-12-26-13-23-16)19(25)22-11-14-3-5-15(21)6-4-14/h3-6,12-13,17-18H,2,7-11H2,1H3,(H,22,25)/t17-,18+,20+/m1/s1. The zero-order chi connectivity index (χ0) is 18.1. The van der Waals surface area contributed by atoms with Crippen molar-refractivity contribution in [3.63, 3.8) is 0 Å². The molecule has 4 rings (SSSR count). The van der Waals surface area contributed by atoms with Crippen molar-refractivity contribution in [1.29, 1.82) is 0 Å². The highest BCUT2D eigenvalue weighted by Gasteiger charge is 2.59. The molecule has 1 aromatic heterocycles. The SMILES string of the molecule is CCN1[C@@H]2CC[C@H]1[C@@](Cc1cscn1)(C(=O)NCc1ccc(F)cc1)C2. The van der Waals surface area contributed by atoms with Crippen molar-refractivity contribution in [1.82, 2.24) is 15.2 Å². The van der Waals surface area contributed by atoms with E-state index in [0.29, 0.717) is 19.0 Å². The molecule has 2 saturated heterocycles. The van der Waals surface area contributed by atoms with Gasteiger partial charge in [-0.3, -0.25) is 9.69 Å². The summed E-state index contributed by atoms with van der Waals surface area (Å²) in [5, 5.41) is 5.18. The van der Waals surface area contributed by atoms with E-state index in [-0.39, 0.29) is 17.8 Å². The first-order valence-corrected chi connectivity index (χ1v) is 10.2. The lowest BCUT2D eigenvalue weighted by Gasteiger charge is -2.36. The number of halogens is 1. The number of benzene rings is 1. The lowest BCUT2D eigenvalue weighted by molar-refractivity contribution is -0.133. The molecule has 2 fully saturated rings. The first-order valence-electron chi connectivity index (χ1n) is 9.28. The molecule has 1 aromatic carbocycles. The van der Waals surface area contributed by atoms with Crippen LogP contribution < -0.4 is 5.32 Å². The normalized spacial score (nSPS) is 27.8. The fourth-order valence-electron chi connectivity index (χ4n) is 4.91. The van der Waals surface area contributed by atoms with Crippen molar-refractivity contribution in [2.45, 2.75) is 51.2 Å². The van der Waals surface area contributed by atoms with Gasteiger partial charge in [0.25, 0.3) is 0 Å². The predicted octanol–water partition coefficient (Wildman–Crippen LogP) is 3.38. The number of amides is 1. The molecule has 0 radical (unpaired) electrons.